The van der Waals surface area contributed by atoms with Crippen molar-refractivity contribution in [2.75, 3.05) is 27.1 Å². The Morgan fingerprint density at radius 2 is 1.73 bits per heavy atom. The maximum Gasteiger partial charge on any atom is 0.261 e. The van der Waals surface area contributed by atoms with Crippen LogP contribution in [-0.2, 0) is 24.3 Å². The number of methoxy groups -OCH3 is 3. The fraction of sp³-hybridized carbons (Fsp3) is 0.250. The summed E-state index contributed by atoms with van der Waals surface area (Å²) in [5, 5.41) is 20.6. The van der Waals surface area contributed by atoms with Crippen LogP contribution in [0.15, 0.2) is 101 Å². The van der Waals surface area contributed by atoms with Crippen LogP contribution < -0.4 is 19.5 Å². The number of nitrogens with one attached hydrogen (secondary N) is 1. The van der Waals surface area contributed by atoms with E-state index in [0.29, 0.717) is 40.3 Å². The highest BCUT2D eigenvalue weighted by molar-refractivity contribution is 7.99. The van der Waals surface area contributed by atoms with Crippen molar-refractivity contribution in [2.24, 2.45) is 5.10 Å². The van der Waals surface area contributed by atoms with E-state index in [-0.39, 0.29) is 24.1 Å². The first kappa shape index (κ1) is 33.7. The van der Waals surface area contributed by atoms with Crippen molar-refractivity contribution in [1.29, 1.82) is 0 Å². The first-order valence-corrected chi connectivity index (χ1v) is 17.5. The second kappa shape index (κ2) is 15.8. The molecular formula is C36H36N6O5S2. The van der Waals surface area contributed by atoms with Crippen molar-refractivity contribution < 1.29 is 23.8 Å². The minimum absolute atomic E-state index is 0.0627. The molecule has 1 aliphatic heterocycles. The summed E-state index contributed by atoms with van der Waals surface area (Å²) in [6.07, 6.45) is 1.21. The third-order valence-electron chi connectivity index (χ3n) is 8.12. The summed E-state index contributed by atoms with van der Waals surface area (Å²) >= 11 is 2.67. The Labute approximate surface area is 292 Å². The summed E-state index contributed by atoms with van der Waals surface area (Å²) in [4.78, 5) is 27.4. The number of thiophene rings is 1. The van der Waals surface area contributed by atoms with Gasteiger partial charge in [-0.2, -0.15) is 5.10 Å². The lowest BCUT2D eigenvalue weighted by atomic mass is 9.97. The molecule has 3 aromatic carbocycles. The molecule has 0 spiro atoms. The lowest BCUT2D eigenvalue weighted by Crippen LogP contribution is -2.29. The normalized spacial score (nSPS) is 14.0. The first-order valence-electron chi connectivity index (χ1n) is 15.6. The molecule has 0 aliphatic carbocycles. The number of carbonyl (C=O) groups is 2. The predicted octanol–water partition coefficient (Wildman–Crippen LogP) is 6.01. The standard InChI is InChI=1S/C36H36N6O5S2/c1-45-26-16-14-25(15-17-26)28-21-29(27-11-7-12-30(46-2)34(27)47-3)42(40-28)33(43)23-49-36-39-38-32(22-37-35(44)31-13-8-20-48-31)41(36)19-18-24-9-5-4-6-10-24/h4-17,20,29H,18-19,21-23H2,1-3H3,(H,37,44)/t29-/m1/s1. The molecule has 1 N–H and O–H groups in total. The maximum absolute atomic E-state index is 14.1. The number of hydrogen-bond acceptors (Lipinski definition) is 10. The van der Waals surface area contributed by atoms with Gasteiger partial charge in [-0.25, -0.2) is 5.01 Å². The van der Waals surface area contributed by atoms with Gasteiger partial charge in [-0.05, 0) is 59.3 Å². The molecule has 0 unspecified atom stereocenters. The molecule has 0 saturated carbocycles. The second-order valence-electron chi connectivity index (χ2n) is 11.1. The molecule has 2 amide bonds. The third kappa shape index (κ3) is 7.79. The van der Waals surface area contributed by atoms with Crippen LogP contribution in [0.25, 0.3) is 0 Å². The van der Waals surface area contributed by atoms with Gasteiger partial charge in [0.1, 0.15) is 5.75 Å². The van der Waals surface area contributed by atoms with Crippen LogP contribution in [0.1, 0.15) is 44.6 Å². The first-order chi connectivity index (χ1) is 24.0. The molecule has 0 fully saturated rings. The fourth-order valence-corrected chi connectivity index (χ4v) is 7.10. The fourth-order valence-electron chi connectivity index (χ4n) is 5.63. The predicted molar refractivity (Wildman–Crippen MR) is 190 cm³/mol. The van der Waals surface area contributed by atoms with E-state index in [4.69, 9.17) is 19.3 Å². The maximum atomic E-state index is 14.1. The average Bonchev–Trinajstić information content (AvgIpc) is 3.93. The zero-order valence-corrected chi connectivity index (χ0v) is 29.0. The molecule has 5 aromatic rings. The van der Waals surface area contributed by atoms with Gasteiger partial charge in [0.2, 0.25) is 0 Å². The molecule has 1 atom stereocenters. The number of aromatic nitrogens is 3. The Bertz CT molecular complexity index is 1910. The van der Waals surface area contributed by atoms with Gasteiger partial charge < -0.3 is 24.1 Å². The molecule has 3 heterocycles. The smallest absolute Gasteiger partial charge is 0.261 e. The van der Waals surface area contributed by atoms with Gasteiger partial charge in [0.25, 0.3) is 11.8 Å². The van der Waals surface area contributed by atoms with E-state index in [2.05, 4.69) is 27.6 Å². The van der Waals surface area contributed by atoms with E-state index in [1.807, 2.05) is 76.7 Å². The van der Waals surface area contributed by atoms with E-state index in [9.17, 15) is 9.59 Å². The van der Waals surface area contributed by atoms with Gasteiger partial charge in [-0.3, -0.25) is 9.59 Å². The average molecular weight is 697 g/mol. The monoisotopic (exact) mass is 696 g/mol. The summed E-state index contributed by atoms with van der Waals surface area (Å²) in [6.45, 7) is 0.775. The van der Waals surface area contributed by atoms with E-state index in [1.54, 1.807) is 27.4 Å². The highest BCUT2D eigenvalue weighted by Crippen LogP contribution is 2.42. The summed E-state index contributed by atoms with van der Waals surface area (Å²) in [7, 11) is 4.80. The van der Waals surface area contributed by atoms with Crippen molar-refractivity contribution in [3.63, 3.8) is 0 Å². The number of para-hydroxylation sites is 1. The largest absolute Gasteiger partial charge is 0.497 e. The van der Waals surface area contributed by atoms with Crippen LogP contribution in [0.3, 0.4) is 0 Å². The van der Waals surface area contributed by atoms with E-state index in [1.165, 1.54) is 28.1 Å². The van der Waals surface area contributed by atoms with Crippen molar-refractivity contribution >= 4 is 40.6 Å². The highest BCUT2D eigenvalue weighted by atomic mass is 32.2. The summed E-state index contributed by atoms with van der Waals surface area (Å²) in [6, 6.07) is 26.6. The van der Waals surface area contributed by atoms with Gasteiger partial charge in [-0.1, -0.05) is 60.3 Å². The van der Waals surface area contributed by atoms with Crippen LogP contribution in [-0.4, -0.2) is 64.4 Å². The molecule has 0 bridgehead atoms. The quantitative estimate of drug-likeness (QED) is 0.140. The number of hydrogen-bond donors (Lipinski definition) is 1. The zero-order valence-electron chi connectivity index (χ0n) is 27.4. The Morgan fingerprint density at radius 3 is 2.45 bits per heavy atom. The molecule has 13 heteroatoms. The Hall–Kier alpha value is -5.14. The van der Waals surface area contributed by atoms with Crippen molar-refractivity contribution in [2.45, 2.75) is 37.1 Å². The topological polar surface area (TPSA) is 120 Å². The molecule has 6 rings (SSSR count). The number of hydrazone groups is 1. The van der Waals surface area contributed by atoms with Gasteiger partial charge in [0.05, 0.1) is 50.3 Å². The van der Waals surface area contributed by atoms with Gasteiger partial charge >= 0.3 is 0 Å². The Balaban J connectivity index is 1.25. The third-order valence-corrected chi connectivity index (χ3v) is 9.94. The summed E-state index contributed by atoms with van der Waals surface area (Å²) in [5.74, 6) is 2.17. The molecule has 2 aromatic heterocycles. The number of benzene rings is 3. The minimum atomic E-state index is -0.422. The summed E-state index contributed by atoms with van der Waals surface area (Å²) in [5.41, 5.74) is 3.61. The number of nitrogens with zero attached hydrogens (tertiary/aromatic N) is 5. The minimum Gasteiger partial charge on any atom is -0.497 e. The van der Waals surface area contributed by atoms with Gasteiger partial charge in [0.15, 0.2) is 22.5 Å². The second-order valence-corrected chi connectivity index (χ2v) is 12.9. The lowest BCUT2D eigenvalue weighted by molar-refractivity contribution is -0.130. The number of rotatable bonds is 14. The highest BCUT2D eigenvalue weighted by Gasteiger charge is 2.36. The molecular weight excluding hydrogens is 661 g/mol. The van der Waals surface area contributed by atoms with Crippen molar-refractivity contribution in [3.8, 4) is 17.2 Å². The molecule has 1 aliphatic rings. The SMILES string of the molecule is COc1ccc(C2=NN(C(=O)CSc3nnc(CNC(=O)c4cccs4)n3CCc3ccccc3)[C@@H](c3cccc(OC)c3OC)C2)cc1. The van der Waals surface area contributed by atoms with Gasteiger partial charge in [-0.15, -0.1) is 21.5 Å². The van der Waals surface area contributed by atoms with Crippen molar-refractivity contribution in [3.05, 3.63) is 118 Å². The lowest BCUT2D eigenvalue weighted by Gasteiger charge is -2.24. The number of amides is 2. The Morgan fingerprint density at radius 1 is 0.918 bits per heavy atom. The van der Waals surface area contributed by atoms with E-state index < -0.39 is 6.04 Å². The van der Waals surface area contributed by atoms with Crippen LogP contribution in [0.2, 0.25) is 0 Å². The van der Waals surface area contributed by atoms with Crippen molar-refractivity contribution in [1.82, 2.24) is 25.1 Å². The number of thioether (sulfide) groups is 1. The molecule has 49 heavy (non-hydrogen) atoms. The van der Waals surface area contributed by atoms with E-state index in [0.717, 1.165) is 34.6 Å². The number of carbonyl (C=O) groups excluding carboxylic acids is 2. The van der Waals surface area contributed by atoms with E-state index >= 15 is 0 Å². The molecule has 11 nitrogen and oxygen atoms in total. The van der Waals surface area contributed by atoms with Crippen LogP contribution in [0, 0.1) is 0 Å². The molecule has 0 radical (unpaired) electrons. The van der Waals surface area contributed by atoms with Crippen LogP contribution >= 0.6 is 23.1 Å². The Kier molecular flexibility index (Phi) is 10.9. The van der Waals surface area contributed by atoms with Crippen LogP contribution in [0.4, 0.5) is 0 Å². The van der Waals surface area contributed by atoms with Crippen LogP contribution in [0.5, 0.6) is 17.2 Å². The van der Waals surface area contributed by atoms with Gasteiger partial charge in [0, 0.05) is 18.5 Å². The number of aryl methyl sites for hydroxylation is 1. The molecule has 0 saturated heterocycles. The number of ether oxygens (including phenoxy) is 3. The zero-order chi connectivity index (χ0) is 34.2. The molecule has 252 valence electrons. The summed E-state index contributed by atoms with van der Waals surface area (Å²) < 4.78 is 18.6.